The van der Waals surface area contributed by atoms with E-state index >= 15 is 0 Å². The molecule has 1 aliphatic heterocycles. The number of carbonyl (C=O) groups excluding carboxylic acids is 1. The van der Waals surface area contributed by atoms with Crippen molar-refractivity contribution >= 4 is 29.0 Å². The summed E-state index contributed by atoms with van der Waals surface area (Å²) in [6.07, 6.45) is -1.25. The van der Waals surface area contributed by atoms with Crippen molar-refractivity contribution in [3.05, 3.63) is 52.2 Å². The van der Waals surface area contributed by atoms with Crippen molar-refractivity contribution in [2.24, 2.45) is 0 Å². The third-order valence-electron chi connectivity index (χ3n) is 5.67. The normalized spacial score (nSPS) is 15.5. The Morgan fingerprint density at radius 1 is 1.12 bits per heavy atom. The van der Waals surface area contributed by atoms with Gasteiger partial charge in [-0.25, -0.2) is 4.98 Å². The Morgan fingerprint density at radius 2 is 1.81 bits per heavy atom. The number of halogens is 4. The van der Waals surface area contributed by atoms with E-state index in [1.165, 1.54) is 0 Å². The lowest BCUT2D eigenvalue weighted by atomic mass is 10.0. The summed E-state index contributed by atoms with van der Waals surface area (Å²) in [5.41, 5.74) is 2.27. The number of anilines is 2. The van der Waals surface area contributed by atoms with Crippen LogP contribution in [-0.2, 0) is 23.8 Å². The first-order chi connectivity index (χ1) is 15.2. The number of alkyl halides is 3. The molecule has 0 bridgehead atoms. The molecular weight excluding hydrogens is 441 g/mol. The summed E-state index contributed by atoms with van der Waals surface area (Å²) in [4.78, 5) is 20.7. The number of aromatic nitrogens is 1. The highest BCUT2D eigenvalue weighted by Crippen LogP contribution is 2.33. The average molecular weight is 469 g/mol. The van der Waals surface area contributed by atoms with E-state index in [4.69, 9.17) is 11.6 Å². The van der Waals surface area contributed by atoms with E-state index in [1.807, 2.05) is 28.0 Å². The molecule has 2 heterocycles. The maximum Gasteiger partial charge on any atom is 0.417 e. The number of benzene rings is 1. The van der Waals surface area contributed by atoms with Crippen LogP contribution in [-0.4, -0.2) is 48.5 Å². The van der Waals surface area contributed by atoms with Crippen molar-refractivity contribution in [2.45, 2.75) is 39.3 Å². The zero-order valence-electron chi connectivity index (χ0n) is 18.3. The summed E-state index contributed by atoms with van der Waals surface area (Å²) in [7, 11) is 0. The Labute approximate surface area is 191 Å². The van der Waals surface area contributed by atoms with Gasteiger partial charge in [-0.2, -0.15) is 13.2 Å². The van der Waals surface area contributed by atoms with Gasteiger partial charge in [0, 0.05) is 38.1 Å². The highest BCUT2D eigenvalue weighted by Gasteiger charge is 2.32. The number of para-hydroxylation sites is 1. The highest BCUT2D eigenvalue weighted by molar-refractivity contribution is 6.33. The largest absolute Gasteiger partial charge is 0.417 e. The van der Waals surface area contributed by atoms with Crippen LogP contribution in [0.4, 0.5) is 24.7 Å². The van der Waals surface area contributed by atoms with E-state index < -0.39 is 11.7 Å². The number of carbonyl (C=O) groups is 1. The van der Waals surface area contributed by atoms with E-state index in [0.717, 1.165) is 48.3 Å². The smallest absolute Gasteiger partial charge is 0.354 e. The van der Waals surface area contributed by atoms with Crippen LogP contribution in [0.25, 0.3) is 0 Å². The van der Waals surface area contributed by atoms with Gasteiger partial charge in [0.05, 0.1) is 17.1 Å². The predicted octanol–water partition coefficient (Wildman–Crippen LogP) is 5.03. The molecule has 2 aromatic rings. The molecular formula is C23H28ClF3N4O. The van der Waals surface area contributed by atoms with E-state index in [0.29, 0.717) is 32.0 Å². The summed E-state index contributed by atoms with van der Waals surface area (Å²) in [5, 5.41) is 3.07. The molecule has 174 valence electrons. The van der Waals surface area contributed by atoms with E-state index in [2.05, 4.69) is 24.1 Å². The van der Waals surface area contributed by atoms with Crippen molar-refractivity contribution in [3.63, 3.8) is 0 Å². The van der Waals surface area contributed by atoms with Gasteiger partial charge in [0.25, 0.3) is 0 Å². The number of nitrogens with one attached hydrogen (secondary N) is 1. The molecule has 0 saturated carbocycles. The van der Waals surface area contributed by atoms with E-state index in [1.54, 1.807) is 0 Å². The molecule has 0 atom stereocenters. The lowest BCUT2D eigenvalue weighted by molar-refractivity contribution is -0.137. The SMILES string of the molecule is CCc1cccc(CC)c1NC(=O)CN1CCCN(c2ncc(C(F)(F)F)cc2Cl)CC1. The lowest BCUT2D eigenvalue weighted by Crippen LogP contribution is -2.36. The summed E-state index contributed by atoms with van der Waals surface area (Å²) in [6, 6.07) is 6.98. The Kier molecular flexibility index (Phi) is 8.00. The van der Waals surface area contributed by atoms with Crippen molar-refractivity contribution in [3.8, 4) is 0 Å². The van der Waals surface area contributed by atoms with Crippen LogP contribution in [0, 0.1) is 0 Å². The first-order valence-electron chi connectivity index (χ1n) is 10.8. The summed E-state index contributed by atoms with van der Waals surface area (Å²) < 4.78 is 38.6. The minimum Gasteiger partial charge on any atom is -0.354 e. The molecule has 32 heavy (non-hydrogen) atoms. The summed E-state index contributed by atoms with van der Waals surface area (Å²) in [6.45, 7) is 6.80. The Morgan fingerprint density at radius 3 is 2.41 bits per heavy atom. The van der Waals surface area contributed by atoms with Crippen molar-refractivity contribution in [1.82, 2.24) is 9.88 Å². The van der Waals surface area contributed by atoms with Crippen molar-refractivity contribution in [1.29, 1.82) is 0 Å². The van der Waals surface area contributed by atoms with Gasteiger partial charge in [-0.1, -0.05) is 43.6 Å². The van der Waals surface area contributed by atoms with Crippen LogP contribution in [0.1, 0.15) is 37.0 Å². The van der Waals surface area contributed by atoms with Gasteiger partial charge in [0.1, 0.15) is 5.82 Å². The van der Waals surface area contributed by atoms with Crippen LogP contribution >= 0.6 is 11.6 Å². The zero-order valence-corrected chi connectivity index (χ0v) is 19.1. The standard InChI is InChI=1S/C23H28ClF3N4O/c1-3-16-7-5-8-17(4-2)21(16)29-20(32)15-30-9-6-10-31(12-11-30)22-19(24)13-18(14-28-22)23(25,26)27/h5,7-8,13-14H,3-4,6,9-12,15H2,1-2H3,(H,29,32). The molecule has 1 fully saturated rings. The topological polar surface area (TPSA) is 48.5 Å². The van der Waals surface area contributed by atoms with Gasteiger partial charge in [0.2, 0.25) is 5.91 Å². The number of hydrogen-bond acceptors (Lipinski definition) is 4. The first kappa shape index (κ1) is 24.3. The zero-order chi connectivity index (χ0) is 23.3. The Balaban J connectivity index is 1.62. The molecule has 1 N–H and O–H groups in total. The molecule has 1 saturated heterocycles. The molecule has 0 aliphatic carbocycles. The molecule has 0 spiro atoms. The minimum absolute atomic E-state index is 0.0192. The molecule has 5 nitrogen and oxygen atoms in total. The molecule has 9 heteroatoms. The van der Waals surface area contributed by atoms with Crippen LogP contribution in [0.2, 0.25) is 5.02 Å². The van der Waals surface area contributed by atoms with Crippen LogP contribution < -0.4 is 10.2 Å². The van der Waals surface area contributed by atoms with Gasteiger partial charge in [-0.05, 0) is 36.5 Å². The second-order valence-corrected chi connectivity index (χ2v) is 8.26. The third kappa shape index (κ3) is 5.92. The fraction of sp³-hybridized carbons (Fsp3) is 0.478. The molecule has 3 rings (SSSR count). The van der Waals surface area contributed by atoms with Crippen LogP contribution in [0.3, 0.4) is 0 Å². The Bertz CT molecular complexity index is 929. The van der Waals surface area contributed by atoms with Gasteiger partial charge >= 0.3 is 6.18 Å². The van der Waals surface area contributed by atoms with Gasteiger partial charge in [0.15, 0.2) is 0 Å². The molecule has 0 radical (unpaired) electrons. The summed E-state index contributed by atoms with van der Waals surface area (Å²) in [5.74, 6) is 0.273. The van der Waals surface area contributed by atoms with Crippen LogP contribution in [0.15, 0.2) is 30.5 Å². The average Bonchev–Trinajstić information content (AvgIpc) is 2.98. The van der Waals surface area contributed by atoms with Crippen molar-refractivity contribution in [2.75, 3.05) is 42.9 Å². The molecule has 1 aromatic heterocycles. The van der Waals surface area contributed by atoms with Crippen LogP contribution in [0.5, 0.6) is 0 Å². The second-order valence-electron chi connectivity index (χ2n) is 7.85. The third-order valence-corrected chi connectivity index (χ3v) is 5.95. The first-order valence-corrected chi connectivity index (χ1v) is 11.2. The maximum absolute atomic E-state index is 12.9. The molecule has 1 aromatic carbocycles. The fourth-order valence-corrected chi connectivity index (χ4v) is 4.23. The van der Waals surface area contributed by atoms with Gasteiger partial charge < -0.3 is 10.2 Å². The summed E-state index contributed by atoms with van der Waals surface area (Å²) >= 11 is 6.11. The number of aryl methyl sites for hydroxylation is 2. The number of pyridine rings is 1. The number of amides is 1. The molecule has 1 aliphatic rings. The lowest BCUT2D eigenvalue weighted by Gasteiger charge is -2.24. The number of rotatable bonds is 6. The van der Waals surface area contributed by atoms with Gasteiger partial charge in [-0.15, -0.1) is 0 Å². The van der Waals surface area contributed by atoms with Gasteiger partial charge in [-0.3, -0.25) is 9.69 Å². The predicted molar refractivity (Wildman–Crippen MR) is 121 cm³/mol. The second kappa shape index (κ2) is 10.5. The molecule has 0 unspecified atom stereocenters. The maximum atomic E-state index is 12.9. The van der Waals surface area contributed by atoms with E-state index in [9.17, 15) is 18.0 Å². The fourth-order valence-electron chi connectivity index (χ4n) is 3.94. The quantitative estimate of drug-likeness (QED) is 0.646. The van der Waals surface area contributed by atoms with E-state index in [-0.39, 0.29) is 17.5 Å². The molecule has 1 amide bonds. The highest BCUT2D eigenvalue weighted by atomic mass is 35.5. The minimum atomic E-state index is -4.48. The number of hydrogen-bond donors (Lipinski definition) is 1. The van der Waals surface area contributed by atoms with Crippen molar-refractivity contribution < 1.29 is 18.0 Å². The monoisotopic (exact) mass is 468 g/mol. The number of nitrogens with zero attached hydrogens (tertiary/aromatic N) is 3. The Hall–Kier alpha value is -2.32.